The first kappa shape index (κ1) is 20.0. The molecule has 5 nitrogen and oxygen atoms in total. The summed E-state index contributed by atoms with van der Waals surface area (Å²) in [5.74, 6) is 2.22. The summed E-state index contributed by atoms with van der Waals surface area (Å²) >= 11 is 0. The molecule has 1 aromatic heterocycles. The maximum absolute atomic E-state index is 11.6. The minimum absolute atomic E-state index is 0.133. The van der Waals surface area contributed by atoms with E-state index in [4.69, 9.17) is 4.98 Å². The van der Waals surface area contributed by atoms with Crippen LogP contribution in [0.25, 0.3) is 0 Å². The lowest BCUT2D eigenvalue weighted by Crippen LogP contribution is -2.36. The van der Waals surface area contributed by atoms with Crippen molar-refractivity contribution in [1.82, 2.24) is 19.8 Å². The zero-order chi connectivity index (χ0) is 20.2. The largest absolute Gasteiger partial charge is 0.338 e. The second-order valence-electron chi connectivity index (χ2n) is 8.61. The molecule has 0 N–H and O–H groups in total. The number of likely N-dealkylation sites (tertiary alicyclic amines) is 1. The Morgan fingerprint density at radius 3 is 2.66 bits per heavy atom. The van der Waals surface area contributed by atoms with Gasteiger partial charge in [0.05, 0.1) is 5.69 Å². The van der Waals surface area contributed by atoms with Gasteiger partial charge in [-0.1, -0.05) is 37.3 Å². The molecule has 0 saturated carbocycles. The molecule has 0 spiro atoms. The predicted octanol–water partition coefficient (Wildman–Crippen LogP) is 3.75. The van der Waals surface area contributed by atoms with Gasteiger partial charge in [0.2, 0.25) is 5.91 Å². The normalized spacial score (nSPS) is 19.0. The number of carbonyl (C=O) groups excluding carboxylic acids is 1. The Labute approximate surface area is 174 Å². The maximum Gasteiger partial charge on any atom is 0.219 e. The van der Waals surface area contributed by atoms with Crippen LogP contribution >= 0.6 is 0 Å². The third-order valence-electron chi connectivity index (χ3n) is 6.60. The average Bonchev–Trinajstić information content (AvgIpc) is 2.77. The van der Waals surface area contributed by atoms with E-state index in [-0.39, 0.29) is 5.91 Å². The predicted molar refractivity (Wildman–Crippen MR) is 115 cm³/mol. The van der Waals surface area contributed by atoms with Gasteiger partial charge in [-0.2, -0.15) is 0 Å². The zero-order valence-corrected chi connectivity index (χ0v) is 17.7. The molecule has 154 valence electrons. The molecule has 4 rings (SSSR count). The smallest absolute Gasteiger partial charge is 0.219 e. The molecule has 0 radical (unpaired) electrons. The molecule has 2 aromatic rings. The number of rotatable bonds is 5. The van der Waals surface area contributed by atoms with Gasteiger partial charge in [-0.15, -0.1) is 0 Å². The number of benzene rings is 1. The Hall–Kier alpha value is -2.27. The van der Waals surface area contributed by atoms with Crippen LogP contribution in [0.4, 0.5) is 0 Å². The number of carbonyl (C=O) groups is 1. The summed E-state index contributed by atoms with van der Waals surface area (Å²) in [5.41, 5.74) is 3.70. The Bertz CT molecular complexity index is 830. The summed E-state index contributed by atoms with van der Waals surface area (Å²) in [5, 5.41) is 0. The molecule has 2 aliphatic heterocycles. The number of hydrogen-bond donors (Lipinski definition) is 0. The second kappa shape index (κ2) is 9.04. The number of fused-ring (bicyclic) bond motifs is 1. The lowest BCUT2D eigenvalue weighted by molar-refractivity contribution is -0.129. The van der Waals surface area contributed by atoms with Gasteiger partial charge in [0.15, 0.2) is 0 Å². The average molecular weight is 393 g/mol. The van der Waals surface area contributed by atoms with Gasteiger partial charge < -0.3 is 9.80 Å². The van der Waals surface area contributed by atoms with E-state index in [0.717, 1.165) is 62.5 Å². The highest BCUT2D eigenvalue weighted by atomic mass is 16.2. The summed E-state index contributed by atoms with van der Waals surface area (Å²) in [4.78, 5) is 25.7. The summed E-state index contributed by atoms with van der Waals surface area (Å²) in [7, 11) is 0. The van der Waals surface area contributed by atoms with Crippen molar-refractivity contribution in [3.63, 3.8) is 0 Å². The molecule has 0 aliphatic carbocycles. The first-order chi connectivity index (χ1) is 14.1. The second-order valence-corrected chi connectivity index (χ2v) is 8.61. The van der Waals surface area contributed by atoms with Crippen LogP contribution in [-0.2, 0) is 17.8 Å². The molecule has 1 fully saturated rings. The van der Waals surface area contributed by atoms with Crippen LogP contribution in [0.2, 0.25) is 0 Å². The minimum atomic E-state index is 0.133. The van der Waals surface area contributed by atoms with Crippen LogP contribution in [0.15, 0.2) is 36.5 Å². The molecule has 1 atom stereocenters. The molecule has 3 heterocycles. The highest BCUT2D eigenvalue weighted by Crippen LogP contribution is 2.28. The summed E-state index contributed by atoms with van der Waals surface area (Å²) < 4.78 is 0. The number of piperidine rings is 1. The van der Waals surface area contributed by atoms with E-state index in [1.165, 1.54) is 12.0 Å². The Morgan fingerprint density at radius 2 is 1.93 bits per heavy atom. The van der Waals surface area contributed by atoms with Crippen LogP contribution in [-0.4, -0.2) is 51.9 Å². The topological polar surface area (TPSA) is 49.3 Å². The highest BCUT2D eigenvalue weighted by molar-refractivity contribution is 5.73. The van der Waals surface area contributed by atoms with Crippen LogP contribution in [0, 0.1) is 0 Å². The first-order valence-corrected chi connectivity index (χ1v) is 11.0. The summed E-state index contributed by atoms with van der Waals surface area (Å²) in [6.45, 7) is 8.81. The van der Waals surface area contributed by atoms with Gasteiger partial charge in [-0.05, 0) is 50.4 Å². The lowest BCUT2D eigenvalue weighted by Gasteiger charge is -2.32. The van der Waals surface area contributed by atoms with E-state index in [2.05, 4.69) is 47.1 Å². The molecule has 1 saturated heterocycles. The fraction of sp³-hybridized carbons (Fsp3) is 0.542. The number of nitrogens with zero attached hydrogens (tertiary/aromatic N) is 4. The van der Waals surface area contributed by atoms with Gasteiger partial charge in [0.1, 0.15) is 5.82 Å². The molecule has 1 unspecified atom stereocenters. The Morgan fingerprint density at radius 1 is 1.17 bits per heavy atom. The molecule has 1 aromatic carbocycles. The first-order valence-electron chi connectivity index (χ1n) is 11.0. The van der Waals surface area contributed by atoms with Crippen molar-refractivity contribution >= 4 is 5.91 Å². The van der Waals surface area contributed by atoms with Crippen molar-refractivity contribution in [3.05, 3.63) is 59.2 Å². The monoisotopic (exact) mass is 392 g/mol. The Balaban J connectivity index is 1.28. The van der Waals surface area contributed by atoms with Crippen LogP contribution in [0.1, 0.15) is 67.6 Å². The van der Waals surface area contributed by atoms with E-state index in [0.29, 0.717) is 18.4 Å². The maximum atomic E-state index is 11.6. The molecule has 29 heavy (non-hydrogen) atoms. The van der Waals surface area contributed by atoms with Crippen LogP contribution in [0.5, 0.6) is 0 Å². The van der Waals surface area contributed by atoms with Crippen molar-refractivity contribution in [3.8, 4) is 0 Å². The van der Waals surface area contributed by atoms with Gasteiger partial charge >= 0.3 is 0 Å². The molecule has 5 heteroatoms. The van der Waals surface area contributed by atoms with Crippen molar-refractivity contribution in [1.29, 1.82) is 0 Å². The van der Waals surface area contributed by atoms with Crippen LogP contribution < -0.4 is 0 Å². The third-order valence-corrected chi connectivity index (χ3v) is 6.60. The fourth-order valence-electron chi connectivity index (χ4n) is 4.54. The fourth-order valence-corrected chi connectivity index (χ4v) is 4.54. The molecule has 2 aliphatic rings. The van der Waals surface area contributed by atoms with Gasteiger partial charge in [-0.25, -0.2) is 9.97 Å². The quantitative estimate of drug-likeness (QED) is 0.777. The Kier molecular flexibility index (Phi) is 6.24. The van der Waals surface area contributed by atoms with E-state index in [9.17, 15) is 4.79 Å². The van der Waals surface area contributed by atoms with Crippen molar-refractivity contribution < 1.29 is 4.79 Å². The number of hydrogen-bond acceptors (Lipinski definition) is 4. The zero-order valence-electron chi connectivity index (χ0n) is 17.7. The standard InChI is InChI=1S/C24H32N4O/c1-18(20-6-4-3-5-7-20)8-12-27-13-9-21(10-14-27)24-25-16-22-17-28(19(2)29)15-11-23(22)26-24/h3-7,16,18,21H,8-15,17H2,1-2H3. The van der Waals surface area contributed by atoms with E-state index in [1.807, 2.05) is 11.1 Å². The summed E-state index contributed by atoms with van der Waals surface area (Å²) in [6, 6.07) is 10.8. The number of aromatic nitrogens is 2. The van der Waals surface area contributed by atoms with Crippen molar-refractivity contribution in [2.45, 2.75) is 57.9 Å². The SMILES string of the molecule is CC(=O)N1CCc2nc(C3CCN(CCC(C)c4ccccc4)CC3)ncc2C1. The van der Waals surface area contributed by atoms with Gasteiger partial charge in [-0.3, -0.25) is 4.79 Å². The van der Waals surface area contributed by atoms with Gasteiger partial charge in [0.25, 0.3) is 0 Å². The van der Waals surface area contributed by atoms with Crippen LogP contribution in [0.3, 0.4) is 0 Å². The van der Waals surface area contributed by atoms with E-state index in [1.54, 1.807) is 6.92 Å². The molecular weight excluding hydrogens is 360 g/mol. The molecule has 0 bridgehead atoms. The van der Waals surface area contributed by atoms with Crippen molar-refractivity contribution in [2.24, 2.45) is 0 Å². The minimum Gasteiger partial charge on any atom is -0.338 e. The molecular formula is C24H32N4O. The van der Waals surface area contributed by atoms with Gasteiger partial charge in [0, 0.05) is 44.1 Å². The summed E-state index contributed by atoms with van der Waals surface area (Å²) in [6.07, 6.45) is 6.29. The third kappa shape index (κ3) is 4.84. The van der Waals surface area contributed by atoms with Crippen molar-refractivity contribution in [2.75, 3.05) is 26.2 Å². The van der Waals surface area contributed by atoms with E-state index >= 15 is 0 Å². The van der Waals surface area contributed by atoms with E-state index < -0.39 is 0 Å². The lowest BCUT2D eigenvalue weighted by atomic mass is 9.93. The highest BCUT2D eigenvalue weighted by Gasteiger charge is 2.25. The number of amides is 1. The molecule has 1 amide bonds.